The van der Waals surface area contributed by atoms with Crippen LogP contribution in [0, 0.1) is 0 Å². The molecule has 0 amide bonds. The molecule has 0 aromatic heterocycles. The maximum Gasteiger partial charge on any atom is 0.128 e. The van der Waals surface area contributed by atoms with Crippen LogP contribution in [0.4, 0.5) is 0 Å². The highest BCUT2D eigenvalue weighted by Crippen LogP contribution is 2.39. The third-order valence-electron chi connectivity index (χ3n) is 10.4. The summed E-state index contributed by atoms with van der Waals surface area (Å²) in [6.45, 7) is 20.8. The summed E-state index contributed by atoms with van der Waals surface area (Å²) in [6, 6.07) is 28.0. The summed E-state index contributed by atoms with van der Waals surface area (Å²) in [5.74, 6) is 0.500. The average molecular weight is 731 g/mol. The van der Waals surface area contributed by atoms with E-state index < -0.39 is 12.1 Å². The van der Waals surface area contributed by atoms with Crippen LogP contribution in [0.25, 0.3) is 0 Å². The summed E-state index contributed by atoms with van der Waals surface area (Å²) >= 11 is 0. The van der Waals surface area contributed by atoms with Gasteiger partial charge in [-0.2, -0.15) is 0 Å². The zero-order chi connectivity index (χ0) is 38.3. The Kier molecular flexibility index (Phi) is 12.7. The van der Waals surface area contributed by atoms with Crippen LogP contribution in [-0.4, -0.2) is 85.0 Å². The molecule has 0 radical (unpaired) electrons. The average Bonchev–Trinajstić information content (AvgIpc) is 3.15. The Morgan fingerprint density at radius 3 is 1.26 bits per heavy atom. The van der Waals surface area contributed by atoms with E-state index in [1.54, 1.807) is 0 Å². The fraction of sp³-hybridized carbons (Fsp3) is 0.435. The minimum absolute atomic E-state index is 0.250. The number of benzene rings is 4. The smallest absolute Gasteiger partial charge is 0.128 e. The maximum atomic E-state index is 11.7. The summed E-state index contributed by atoms with van der Waals surface area (Å²) in [5, 5.41) is 23.4. The van der Waals surface area contributed by atoms with E-state index in [0.29, 0.717) is 11.1 Å². The molecule has 0 unspecified atom stereocenters. The summed E-state index contributed by atoms with van der Waals surface area (Å²) in [6.07, 6.45) is 3.66. The highest BCUT2D eigenvalue weighted by Gasteiger charge is 2.27. The first-order valence-corrected chi connectivity index (χ1v) is 19.4. The number of phenolic OH excluding ortho intramolecular Hbond substituents is 2. The Morgan fingerprint density at radius 1 is 0.574 bits per heavy atom. The standard InChI is InChI=1S/C46H58N4O4/c1-45(2,3)39-27-33(31-49-17-21-53-22-18-49)25-37(43(39)51)29-47-41(35-13-9-7-10-14-35)42(36-15-11-8-12-16-36)48-30-38-26-34(32-50-19-23-54-24-20-50)28-40(44(38)52)46(4,5)6/h7-16,25-30,41-42,51-52H,17-24,31-32H2,1-6H3/t41-,42-/m1/s1. The van der Waals surface area contributed by atoms with Crippen LogP contribution >= 0.6 is 0 Å². The van der Waals surface area contributed by atoms with Crippen molar-refractivity contribution in [2.45, 2.75) is 77.5 Å². The van der Waals surface area contributed by atoms with Crippen molar-refractivity contribution in [1.82, 2.24) is 9.80 Å². The second kappa shape index (κ2) is 17.4. The lowest BCUT2D eigenvalue weighted by atomic mass is 9.84. The van der Waals surface area contributed by atoms with Crippen molar-refractivity contribution in [3.05, 3.63) is 129 Å². The van der Waals surface area contributed by atoms with E-state index in [-0.39, 0.29) is 22.3 Å². The van der Waals surface area contributed by atoms with Crippen LogP contribution in [-0.2, 0) is 33.4 Å². The zero-order valence-electron chi connectivity index (χ0n) is 33.0. The van der Waals surface area contributed by atoms with Crippen molar-refractivity contribution < 1.29 is 19.7 Å². The Balaban J connectivity index is 1.43. The van der Waals surface area contributed by atoms with Gasteiger partial charge in [0.2, 0.25) is 0 Å². The largest absolute Gasteiger partial charge is 0.507 e. The topological polar surface area (TPSA) is 90.1 Å². The fourth-order valence-electron chi connectivity index (χ4n) is 7.32. The van der Waals surface area contributed by atoms with E-state index in [1.165, 1.54) is 0 Å². The van der Waals surface area contributed by atoms with E-state index in [1.807, 2.05) is 48.8 Å². The highest BCUT2D eigenvalue weighted by atomic mass is 16.5. The molecular weight excluding hydrogens is 673 g/mol. The molecule has 2 aliphatic rings. The van der Waals surface area contributed by atoms with Gasteiger partial charge in [-0.05, 0) is 45.2 Å². The summed E-state index contributed by atoms with van der Waals surface area (Å²) in [7, 11) is 0. The molecule has 4 aromatic carbocycles. The summed E-state index contributed by atoms with van der Waals surface area (Å²) in [5.41, 5.74) is 6.89. The molecule has 0 saturated carbocycles. The van der Waals surface area contributed by atoms with Crippen molar-refractivity contribution in [2.75, 3.05) is 52.6 Å². The number of rotatable bonds is 11. The number of ether oxygens (including phenoxy) is 2. The van der Waals surface area contributed by atoms with Gasteiger partial charge >= 0.3 is 0 Å². The monoisotopic (exact) mass is 730 g/mol. The van der Waals surface area contributed by atoms with Gasteiger partial charge in [0, 0.05) is 74.0 Å². The highest BCUT2D eigenvalue weighted by molar-refractivity contribution is 5.86. The minimum Gasteiger partial charge on any atom is -0.507 e. The Bertz CT molecular complexity index is 1750. The van der Waals surface area contributed by atoms with Crippen molar-refractivity contribution in [3.8, 4) is 11.5 Å². The molecule has 2 N–H and O–H groups in total. The number of hydrogen-bond donors (Lipinski definition) is 2. The molecule has 8 heteroatoms. The lowest BCUT2D eigenvalue weighted by Crippen LogP contribution is -2.35. The van der Waals surface area contributed by atoms with Gasteiger partial charge in [0.1, 0.15) is 23.6 Å². The number of aliphatic imine (C=N–C) groups is 2. The molecule has 8 nitrogen and oxygen atoms in total. The van der Waals surface area contributed by atoms with Crippen molar-refractivity contribution in [1.29, 1.82) is 0 Å². The van der Waals surface area contributed by atoms with Crippen molar-refractivity contribution in [3.63, 3.8) is 0 Å². The minimum atomic E-state index is -0.425. The lowest BCUT2D eigenvalue weighted by Gasteiger charge is -2.28. The third kappa shape index (κ3) is 10.0. The second-order valence-electron chi connectivity index (χ2n) is 16.7. The molecule has 2 saturated heterocycles. The van der Waals surface area contributed by atoms with Crippen LogP contribution in [0.2, 0.25) is 0 Å². The molecule has 0 aliphatic carbocycles. The molecular formula is C46H58N4O4. The molecule has 286 valence electrons. The molecule has 2 aliphatic heterocycles. The summed E-state index contributed by atoms with van der Waals surface area (Å²) < 4.78 is 11.2. The first-order valence-electron chi connectivity index (χ1n) is 19.4. The van der Waals surface area contributed by atoms with Crippen LogP contribution in [0.15, 0.2) is 94.9 Å². The Labute approximate surface area is 322 Å². The molecule has 2 atom stereocenters. The second-order valence-corrected chi connectivity index (χ2v) is 16.7. The van der Waals surface area contributed by atoms with E-state index in [4.69, 9.17) is 19.5 Å². The van der Waals surface area contributed by atoms with Gasteiger partial charge in [0.15, 0.2) is 0 Å². The maximum absolute atomic E-state index is 11.7. The van der Waals surface area contributed by atoms with Gasteiger partial charge in [0.25, 0.3) is 0 Å². The predicted molar refractivity (Wildman–Crippen MR) is 219 cm³/mol. The quantitative estimate of drug-likeness (QED) is 0.151. The van der Waals surface area contributed by atoms with E-state index in [2.05, 4.69) is 99.9 Å². The van der Waals surface area contributed by atoms with Gasteiger partial charge in [-0.25, -0.2) is 0 Å². The van der Waals surface area contributed by atoms with E-state index >= 15 is 0 Å². The van der Waals surface area contributed by atoms with Gasteiger partial charge < -0.3 is 19.7 Å². The van der Waals surface area contributed by atoms with Gasteiger partial charge in [-0.1, -0.05) is 114 Å². The van der Waals surface area contributed by atoms with E-state index in [0.717, 1.165) is 99.1 Å². The number of aromatic hydroxyl groups is 2. The van der Waals surface area contributed by atoms with Crippen molar-refractivity contribution >= 4 is 12.4 Å². The van der Waals surface area contributed by atoms with Crippen LogP contribution < -0.4 is 0 Å². The molecule has 0 bridgehead atoms. The van der Waals surface area contributed by atoms with Gasteiger partial charge in [0.05, 0.1) is 26.4 Å². The predicted octanol–water partition coefficient (Wildman–Crippen LogP) is 8.38. The van der Waals surface area contributed by atoms with E-state index in [9.17, 15) is 10.2 Å². The first kappa shape index (κ1) is 39.4. The summed E-state index contributed by atoms with van der Waals surface area (Å²) in [4.78, 5) is 15.4. The first-order chi connectivity index (χ1) is 25.9. The molecule has 54 heavy (non-hydrogen) atoms. The molecule has 0 spiro atoms. The van der Waals surface area contributed by atoms with Crippen LogP contribution in [0.1, 0.15) is 98.1 Å². The normalized spacial score (nSPS) is 17.7. The number of hydrogen-bond acceptors (Lipinski definition) is 8. The SMILES string of the molecule is CC(C)(C)c1cc(CN2CCOCC2)cc(C=N[C@H](c2ccccc2)[C@H](N=Cc2cc(CN3CCOCC3)cc(C(C)(C)C)c2O)c2ccccc2)c1O. The fourth-order valence-corrected chi connectivity index (χ4v) is 7.32. The van der Waals surface area contributed by atoms with Crippen LogP contribution in [0.3, 0.4) is 0 Å². The number of morpholine rings is 2. The van der Waals surface area contributed by atoms with Crippen molar-refractivity contribution in [2.24, 2.45) is 9.98 Å². The number of phenols is 2. The Hall–Kier alpha value is -4.34. The van der Waals surface area contributed by atoms with Gasteiger partial charge in [-0.15, -0.1) is 0 Å². The molecule has 6 rings (SSSR count). The Morgan fingerprint density at radius 2 is 0.926 bits per heavy atom. The van der Waals surface area contributed by atoms with Crippen LogP contribution in [0.5, 0.6) is 11.5 Å². The lowest BCUT2D eigenvalue weighted by molar-refractivity contribution is 0.0341. The van der Waals surface area contributed by atoms with Gasteiger partial charge in [-0.3, -0.25) is 19.8 Å². The molecule has 4 aromatic rings. The zero-order valence-corrected chi connectivity index (χ0v) is 33.0. The number of nitrogens with zero attached hydrogens (tertiary/aromatic N) is 4. The molecule has 2 heterocycles. The molecule has 2 fully saturated rings. The third-order valence-corrected chi connectivity index (χ3v) is 10.4.